The highest BCUT2D eigenvalue weighted by atomic mass is 14.8. The highest BCUT2D eigenvalue weighted by Crippen LogP contribution is 2.31. The van der Waals surface area contributed by atoms with Crippen molar-refractivity contribution in [1.82, 2.24) is 0 Å². The molecular weight excluding hydrogens is 302 g/mol. The summed E-state index contributed by atoms with van der Waals surface area (Å²) in [5.74, 6) is 2.51. The molecule has 0 aliphatic heterocycles. The summed E-state index contributed by atoms with van der Waals surface area (Å²) in [7, 11) is 1.96. The van der Waals surface area contributed by atoms with E-state index in [2.05, 4.69) is 76.9 Å². The van der Waals surface area contributed by atoms with Gasteiger partial charge < -0.3 is 5.32 Å². The summed E-state index contributed by atoms with van der Waals surface area (Å²) >= 11 is 0. The second-order valence-corrected chi connectivity index (χ2v) is 7.42. The van der Waals surface area contributed by atoms with Crippen LogP contribution in [-0.4, -0.2) is 7.05 Å². The van der Waals surface area contributed by atoms with Crippen LogP contribution >= 0.6 is 0 Å². The Morgan fingerprint density at radius 2 is 1.64 bits per heavy atom. The number of hydrogen-bond acceptors (Lipinski definition) is 1. The van der Waals surface area contributed by atoms with Gasteiger partial charge in [-0.3, -0.25) is 0 Å². The minimum Gasteiger partial charge on any atom is -0.388 e. The molecule has 1 aliphatic carbocycles. The molecule has 0 bridgehead atoms. The zero-order valence-electron chi connectivity index (χ0n) is 17.8. The van der Waals surface area contributed by atoms with Gasteiger partial charge in [-0.2, -0.15) is 0 Å². The van der Waals surface area contributed by atoms with E-state index in [9.17, 15) is 0 Å². The molecule has 0 unspecified atom stereocenters. The third-order valence-corrected chi connectivity index (χ3v) is 4.78. The second-order valence-electron chi connectivity index (χ2n) is 7.42. The van der Waals surface area contributed by atoms with Gasteiger partial charge in [0.05, 0.1) is 0 Å². The Morgan fingerprint density at radius 3 is 1.92 bits per heavy atom. The van der Waals surface area contributed by atoms with Gasteiger partial charge in [-0.15, -0.1) is 6.58 Å². The SMILES string of the molecule is C=CC(CCC)CCC.CCC1CC1.CNc1ccccc1C(C)C. The summed E-state index contributed by atoms with van der Waals surface area (Å²) in [6, 6.07) is 8.40. The molecule has 1 N–H and O–H groups in total. The van der Waals surface area contributed by atoms with Crippen molar-refractivity contribution in [3.63, 3.8) is 0 Å². The van der Waals surface area contributed by atoms with E-state index in [1.54, 1.807) is 0 Å². The molecule has 144 valence electrons. The molecular formula is C24H43N. The molecule has 0 amide bonds. The summed E-state index contributed by atoms with van der Waals surface area (Å²) in [5, 5.41) is 3.18. The maximum absolute atomic E-state index is 3.80. The molecule has 1 aromatic carbocycles. The Hall–Kier alpha value is -1.24. The molecule has 0 saturated heterocycles. The summed E-state index contributed by atoms with van der Waals surface area (Å²) in [6.45, 7) is 14.9. The predicted octanol–water partition coefficient (Wildman–Crippen LogP) is 8.05. The Kier molecular flexibility index (Phi) is 14.3. The second kappa shape index (κ2) is 15.0. The number of para-hydroxylation sites is 1. The first-order chi connectivity index (χ1) is 12.0. The number of benzene rings is 1. The molecule has 0 radical (unpaired) electrons. The highest BCUT2D eigenvalue weighted by molar-refractivity contribution is 5.51. The van der Waals surface area contributed by atoms with Crippen molar-refractivity contribution in [2.75, 3.05) is 12.4 Å². The van der Waals surface area contributed by atoms with Gasteiger partial charge in [-0.05, 0) is 42.2 Å². The van der Waals surface area contributed by atoms with Crippen LogP contribution in [0.3, 0.4) is 0 Å². The van der Waals surface area contributed by atoms with E-state index < -0.39 is 0 Å². The molecule has 1 heteroatoms. The average Bonchev–Trinajstić information content (AvgIpc) is 3.47. The maximum atomic E-state index is 3.80. The molecule has 1 aromatic rings. The molecule has 0 aromatic heterocycles. The first kappa shape index (κ1) is 23.8. The smallest absolute Gasteiger partial charge is 0.0372 e. The fourth-order valence-corrected chi connectivity index (χ4v) is 2.88. The summed E-state index contributed by atoms with van der Waals surface area (Å²) in [5.41, 5.74) is 2.62. The zero-order valence-corrected chi connectivity index (χ0v) is 17.8. The minimum atomic E-state index is 0.596. The van der Waals surface area contributed by atoms with Crippen LogP contribution in [-0.2, 0) is 0 Å². The van der Waals surface area contributed by atoms with E-state index in [4.69, 9.17) is 0 Å². The van der Waals surface area contributed by atoms with Gasteiger partial charge in [0, 0.05) is 12.7 Å². The summed E-state index contributed by atoms with van der Waals surface area (Å²) in [4.78, 5) is 0. The van der Waals surface area contributed by atoms with Crippen LogP contribution < -0.4 is 5.32 Å². The van der Waals surface area contributed by atoms with Crippen molar-refractivity contribution < 1.29 is 0 Å². The van der Waals surface area contributed by atoms with E-state index in [1.807, 2.05) is 7.05 Å². The number of allylic oxidation sites excluding steroid dienone is 1. The van der Waals surface area contributed by atoms with Gasteiger partial charge in [-0.25, -0.2) is 0 Å². The van der Waals surface area contributed by atoms with Gasteiger partial charge >= 0.3 is 0 Å². The van der Waals surface area contributed by atoms with E-state index in [0.717, 1.165) is 11.8 Å². The standard InChI is InChI=1S/C10H15N.C9H18.C5H10/c1-8(2)9-6-4-5-7-10(9)11-3;1-4-7-9(6-3)8-5-2;1-2-5-3-4-5/h4-8,11H,1-3H3;6,9H,3-5,7-8H2,1-2H3;5H,2-4H2,1H3. The molecule has 2 rings (SSSR count). The molecule has 0 heterocycles. The van der Waals surface area contributed by atoms with Crippen molar-refractivity contribution in [3.8, 4) is 0 Å². The third kappa shape index (κ3) is 11.9. The maximum Gasteiger partial charge on any atom is 0.0372 e. The lowest BCUT2D eigenvalue weighted by atomic mass is 9.99. The third-order valence-electron chi connectivity index (χ3n) is 4.78. The quantitative estimate of drug-likeness (QED) is 0.470. The van der Waals surface area contributed by atoms with E-state index in [-0.39, 0.29) is 0 Å². The van der Waals surface area contributed by atoms with Gasteiger partial charge in [0.15, 0.2) is 0 Å². The van der Waals surface area contributed by atoms with Crippen molar-refractivity contribution in [2.45, 2.75) is 85.5 Å². The Labute approximate surface area is 158 Å². The Balaban J connectivity index is 0.000000369. The number of anilines is 1. The topological polar surface area (TPSA) is 12.0 Å². The normalized spacial score (nSPS) is 12.8. The van der Waals surface area contributed by atoms with Crippen molar-refractivity contribution in [1.29, 1.82) is 0 Å². The van der Waals surface area contributed by atoms with Crippen LogP contribution in [0.15, 0.2) is 36.9 Å². The monoisotopic (exact) mass is 345 g/mol. The van der Waals surface area contributed by atoms with E-state index in [1.165, 1.54) is 56.2 Å². The minimum absolute atomic E-state index is 0.596. The first-order valence-corrected chi connectivity index (χ1v) is 10.4. The molecule has 25 heavy (non-hydrogen) atoms. The van der Waals surface area contributed by atoms with Crippen molar-refractivity contribution in [3.05, 3.63) is 42.5 Å². The number of hydrogen-bond donors (Lipinski definition) is 1. The van der Waals surface area contributed by atoms with Crippen LogP contribution in [0.4, 0.5) is 5.69 Å². The van der Waals surface area contributed by atoms with Crippen LogP contribution in [0.5, 0.6) is 0 Å². The zero-order chi connectivity index (χ0) is 19.1. The van der Waals surface area contributed by atoms with Crippen LogP contribution in [0, 0.1) is 11.8 Å². The molecule has 0 atom stereocenters. The Morgan fingerprint density at radius 1 is 1.08 bits per heavy atom. The number of nitrogens with one attached hydrogen (secondary N) is 1. The van der Waals surface area contributed by atoms with Gasteiger partial charge in [0.2, 0.25) is 0 Å². The van der Waals surface area contributed by atoms with Gasteiger partial charge in [0.25, 0.3) is 0 Å². The van der Waals surface area contributed by atoms with Crippen LogP contribution in [0.2, 0.25) is 0 Å². The van der Waals surface area contributed by atoms with Crippen LogP contribution in [0.25, 0.3) is 0 Å². The predicted molar refractivity (Wildman–Crippen MR) is 117 cm³/mol. The lowest BCUT2D eigenvalue weighted by Gasteiger charge is -2.10. The average molecular weight is 346 g/mol. The highest BCUT2D eigenvalue weighted by Gasteiger charge is 2.17. The van der Waals surface area contributed by atoms with Gasteiger partial charge in [0.1, 0.15) is 0 Å². The van der Waals surface area contributed by atoms with Crippen molar-refractivity contribution in [2.24, 2.45) is 11.8 Å². The fourth-order valence-electron chi connectivity index (χ4n) is 2.88. The molecule has 1 saturated carbocycles. The van der Waals surface area contributed by atoms with E-state index >= 15 is 0 Å². The number of rotatable bonds is 8. The Bertz CT molecular complexity index is 425. The fraction of sp³-hybridized carbons (Fsp3) is 0.667. The lowest BCUT2D eigenvalue weighted by Crippen LogP contribution is -1.96. The first-order valence-electron chi connectivity index (χ1n) is 10.4. The largest absolute Gasteiger partial charge is 0.388 e. The molecule has 0 spiro atoms. The summed E-state index contributed by atoms with van der Waals surface area (Å²) < 4.78 is 0. The van der Waals surface area contributed by atoms with Gasteiger partial charge in [-0.1, -0.05) is 91.0 Å². The summed E-state index contributed by atoms with van der Waals surface area (Å²) in [6.07, 6.45) is 11.7. The molecule has 1 nitrogen and oxygen atoms in total. The lowest BCUT2D eigenvalue weighted by molar-refractivity contribution is 0.531. The van der Waals surface area contributed by atoms with Crippen molar-refractivity contribution >= 4 is 5.69 Å². The van der Waals surface area contributed by atoms with E-state index in [0.29, 0.717) is 5.92 Å². The van der Waals surface area contributed by atoms with Crippen LogP contribution in [0.1, 0.15) is 91.0 Å². The molecule has 1 fully saturated rings. The molecule has 1 aliphatic rings.